The van der Waals surface area contributed by atoms with Crippen LogP contribution in [0, 0.1) is 0 Å². The molecule has 0 aliphatic rings. The lowest BCUT2D eigenvalue weighted by atomic mass is 10.2. The Balaban J connectivity index is 2.95. The van der Waals surface area contributed by atoms with Gasteiger partial charge >= 0.3 is 6.18 Å². The number of halogens is 3. The van der Waals surface area contributed by atoms with Crippen LogP contribution in [0.1, 0.15) is 18.4 Å². The van der Waals surface area contributed by atoms with Crippen LogP contribution in [0.15, 0.2) is 29.2 Å². The van der Waals surface area contributed by atoms with Crippen molar-refractivity contribution in [2.24, 2.45) is 0 Å². The van der Waals surface area contributed by atoms with Gasteiger partial charge < -0.3 is 0 Å². The zero-order chi connectivity index (χ0) is 16.8. The predicted octanol–water partition coefficient (Wildman–Crippen LogP) is 1.96. The molecule has 1 unspecified atom stereocenters. The van der Waals surface area contributed by atoms with Gasteiger partial charge in [0.25, 0.3) is 5.91 Å². The van der Waals surface area contributed by atoms with Gasteiger partial charge in [-0.3, -0.25) is 20.0 Å². The maximum Gasteiger partial charge on any atom is 0.417 e. The van der Waals surface area contributed by atoms with E-state index in [2.05, 4.69) is 0 Å². The van der Waals surface area contributed by atoms with Gasteiger partial charge in [0.1, 0.15) is 0 Å². The number of rotatable bonds is 6. The number of carbonyl (C=O) groups excluding carboxylic acids is 2. The maximum absolute atomic E-state index is 12.9. The van der Waals surface area contributed by atoms with Crippen molar-refractivity contribution in [3.8, 4) is 0 Å². The molecule has 2 amide bonds. The lowest BCUT2D eigenvalue weighted by molar-refractivity contribution is -0.140. The Morgan fingerprint density at radius 2 is 1.82 bits per heavy atom. The minimum atomic E-state index is -4.59. The van der Waals surface area contributed by atoms with Crippen LogP contribution in [0.4, 0.5) is 13.2 Å². The van der Waals surface area contributed by atoms with E-state index in [0.717, 1.165) is 6.07 Å². The summed E-state index contributed by atoms with van der Waals surface area (Å²) in [5.74, 6) is -1.73. The van der Waals surface area contributed by atoms with Crippen LogP contribution in [0.2, 0.25) is 0 Å². The molecular formula is C12H13F3N2O4S. The summed E-state index contributed by atoms with van der Waals surface area (Å²) in [5, 5.41) is 15.9. The molecule has 122 valence electrons. The quantitative estimate of drug-likeness (QED) is 0.361. The molecule has 0 spiro atoms. The van der Waals surface area contributed by atoms with Crippen LogP contribution in [-0.2, 0) is 15.8 Å². The van der Waals surface area contributed by atoms with E-state index < -0.39 is 28.8 Å². The molecule has 0 heterocycles. The Bertz CT molecular complexity index is 539. The second kappa shape index (κ2) is 8.01. The molecule has 1 rings (SSSR count). The number of benzene rings is 1. The zero-order valence-electron chi connectivity index (χ0n) is 11.1. The molecule has 22 heavy (non-hydrogen) atoms. The maximum atomic E-state index is 12.9. The third-order valence-electron chi connectivity index (χ3n) is 2.62. The number of hydrogen-bond donors (Lipinski definition) is 4. The van der Waals surface area contributed by atoms with Gasteiger partial charge in [-0.15, -0.1) is 11.8 Å². The number of thioether (sulfide) groups is 1. The fourth-order valence-corrected chi connectivity index (χ4v) is 2.76. The molecule has 0 saturated carbocycles. The molecule has 0 aliphatic carbocycles. The van der Waals surface area contributed by atoms with Crippen molar-refractivity contribution in [2.45, 2.75) is 29.2 Å². The molecule has 6 nitrogen and oxygen atoms in total. The third-order valence-corrected chi connectivity index (χ3v) is 3.97. The van der Waals surface area contributed by atoms with Crippen molar-refractivity contribution in [3.05, 3.63) is 29.8 Å². The van der Waals surface area contributed by atoms with Gasteiger partial charge in [-0.2, -0.15) is 13.2 Å². The van der Waals surface area contributed by atoms with Crippen molar-refractivity contribution in [2.75, 3.05) is 0 Å². The summed E-state index contributed by atoms with van der Waals surface area (Å²) in [5.41, 5.74) is 1.79. The van der Waals surface area contributed by atoms with E-state index in [1.807, 2.05) is 0 Å². The first kappa shape index (κ1) is 18.3. The van der Waals surface area contributed by atoms with Gasteiger partial charge in [0, 0.05) is 11.3 Å². The average molecular weight is 338 g/mol. The topological polar surface area (TPSA) is 98.7 Å². The van der Waals surface area contributed by atoms with Crippen molar-refractivity contribution in [1.29, 1.82) is 0 Å². The summed E-state index contributed by atoms with van der Waals surface area (Å²) >= 11 is 0.574. The van der Waals surface area contributed by atoms with E-state index in [0.29, 0.717) is 11.8 Å². The molecule has 0 aliphatic heterocycles. The van der Waals surface area contributed by atoms with E-state index in [1.54, 1.807) is 0 Å². The Hall–Kier alpha value is -1.78. The van der Waals surface area contributed by atoms with Crippen molar-refractivity contribution in [3.63, 3.8) is 0 Å². The van der Waals surface area contributed by atoms with Gasteiger partial charge in [0.15, 0.2) is 0 Å². The molecule has 0 fully saturated rings. The first-order valence-corrected chi connectivity index (χ1v) is 6.87. The monoisotopic (exact) mass is 338 g/mol. The molecule has 0 radical (unpaired) electrons. The number of nitrogens with one attached hydrogen (secondary N) is 2. The Morgan fingerprint density at radius 3 is 2.36 bits per heavy atom. The summed E-state index contributed by atoms with van der Waals surface area (Å²) in [6, 6.07) is 4.66. The summed E-state index contributed by atoms with van der Waals surface area (Å²) in [4.78, 5) is 22.3. The van der Waals surface area contributed by atoms with Crippen LogP contribution in [0.3, 0.4) is 0 Å². The van der Waals surface area contributed by atoms with Gasteiger partial charge in [-0.1, -0.05) is 12.1 Å². The van der Waals surface area contributed by atoms with Crippen molar-refractivity contribution in [1.82, 2.24) is 11.0 Å². The van der Waals surface area contributed by atoms with Crippen LogP contribution in [0.5, 0.6) is 0 Å². The molecule has 0 saturated heterocycles. The summed E-state index contributed by atoms with van der Waals surface area (Å²) in [7, 11) is 0. The molecule has 1 aromatic rings. The fourth-order valence-electron chi connectivity index (χ4n) is 1.59. The molecule has 0 aromatic heterocycles. The number of carbonyl (C=O) groups is 2. The van der Waals surface area contributed by atoms with E-state index in [-0.39, 0.29) is 17.7 Å². The highest BCUT2D eigenvalue weighted by atomic mass is 32.2. The number of hydrogen-bond acceptors (Lipinski definition) is 5. The third kappa shape index (κ3) is 5.20. The fraction of sp³-hybridized carbons (Fsp3) is 0.333. The largest absolute Gasteiger partial charge is 0.417 e. The predicted molar refractivity (Wildman–Crippen MR) is 70.2 cm³/mol. The Labute approximate surface area is 127 Å². The SMILES string of the molecule is O=C(CCC(Sc1ccccc1C(F)(F)F)C(=O)NO)NO. The molecule has 1 aromatic carbocycles. The van der Waals surface area contributed by atoms with Gasteiger partial charge in [0.2, 0.25) is 5.91 Å². The smallest absolute Gasteiger partial charge is 0.289 e. The summed E-state index contributed by atoms with van der Waals surface area (Å²) < 4.78 is 38.7. The van der Waals surface area contributed by atoms with Crippen LogP contribution in [0.25, 0.3) is 0 Å². The minimum absolute atomic E-state index is 0.171. The molecular weight excluding hydrogens is 325 g/mol. The molecule has 0 bridgehead atoms. The lowest BCUT2D eigenvalue weighted by Crippen LogP contribution is -2.31. The van der Waals surface area contributed by atoms with E-state index in [9.17, 15) is 22.8 Å². The number of alkyl halides is 3. The Morgan fingerprint density at radius 1 is 1.18 bits per heavy atom. The second-order valence-corrected chi connectivity index (χ2v) is 5.39. The summed E-state index contributed by atoms with van der Waals surface area (Å²) in [6.45, 7) is 0. The summed E-state index contributed by atoms with van der Waals surface area (Å²) in [6.07, 6.45) is -5.06. The Kier molecular flexibility index (Phi) is 6.65. The highest BCUT2D eigenvalue weighted by Gasteiger charge is 2.34. The van der Waals surface area contributed by atoms with Crippen LogP contribution < -0.4 is 11.0 Å². The van der Waals surface area contributed by atoms with Crippen LogP contribution >= 0.6 is 11.8 Å². The van der Waals surface area contributed by atoms with Gasteiger partial charge in [0.05, 0.1) is 10.8 Å². The van der Waals surface area contributed by atoms with Crippen molar-refractivity contribution >= 4 is 23.6 Å². The minimum Gasteiger partial charge on any atom is -0.289 e. The highest BCUT2D eigenvalue weighted by Crippen LogP contribution is 2.38. The van der Waals surface area contributed by atoms with E-state index in [4.69, 9.17) is 10.4 Å². The second-order valence-electron chi connectivity index (χ2n) is 4.15. The zero-order valence-corrected chi connectivity index (χ0v) is 11.9. The first-order chi connectivity index (χ1) is 10.3. The average Bonchev–Trinajstić information content (AvgIpc) is 2.49. The normalized spacial score (nSPS) is 12.6. The van der Waals surface area contributed by atoms with Gasteiger partial charge in [-0.05, 0) is 18.6 Å². The van der Waals surface area contributed by atoms with Gasteiger partial charge in [-0.25, -0.2) is 11.0 Å². The number of hydroxylamine groups is 2. The van der Waals surface area contributed by atoms with Crippen molar-refractivity contribution < 1.29 is 33.2 Å². The van der Waals surface area contributed by atoms with E-state index in [1.165, 1.54) is 29.2 Å². The lowest BCUT2D eigenvalue weighted by Gasteiger charge is -2.17. The highest BCUT2D eigenvalue weighted by molar-refractivity contribution is 8.00. The number of amides is 2. The van der Waals surface area contributed by atoms with Crippen LogP contribution in [-0.4, -0.2) is 27.5 Å². The standard InChI is InChI=1S/C12H13F3N2O4S/c13-12(14,15)7-3-1-2-4-8(7)22-9(11(19)17-21)5-6-10(18)16-20/h1-4,9,20-21H,5-6H2,(H,16,18)(H,17,19). The molecule has 10 heteroatoms. The molecule has 4 N–H and O–H groups in total. The van der Waals surface area contributed by atoms with E-state index >= 15 is 0 Å². The molecule has 1 atom stereocenters. The first-order valence-electron chi connectivity index (χ1n) is 5.99.